The molecule has 0 saturated heterocycles. The summed E-state index contributed by atoms with van der Waals surface area (Å²) in [6.07, 6.45) is 7.70. The second-order valence-corrected chi connectivity index (χ2v) is 37.4. The minimum Gasteiger partial charge on any atom is -0.440 e. The number of aliphatic hydroxyl groups excluding tert-OH is 2. The lowest BCUT2D eigenvalue weighted by Gasteiger charge is -2.38. The van der Waals surface area contributed by atoms with Crippen molar-refractivity contribution in [3.63, 3.8) is 0 Å². The van der Waals surface area contributed by atoms with E-state index < -0.39 is 51.1 Å². The summed E-state index contributed by atoms with van der Waals surface area (Å²) in [5, 5.41) is 16.8. The van der Waals surface area contributed by atoms with Crippen LogP contribution in [0, 0.1) is 0 Å². The van der Waals surface area contributed by atoms with Crippen LogP contribution in [-0.4, -0.2) is 101 Å². The third kappa shape index (κ3) is 35.6. The first-order valence-corrected chi connectivity index (χ1v) is 34.7. The Labute approximate surface area is 281 Å². The quantitative estimate of drug-likeness (QED) is 0.0583. The molecule has 0 heterocycles. The van der Waals surface area contributed by atoms with Crippen LogP contribution in [-0.2, 0) is 25.9 Å². The zero-order chi connectivity index (χ0) is 34.9. The van der Waals surface area contributed by atoms with Crippen LogP contribution in [0.4, 0.5) is 0 Å². The van der Waals surface area contributed by atoms with E-state index in [4.69, 9.17) is 36.1 Å². The summed E-state index contributed by atoms with van der Waals surface area (Å²) >= 11 is 0. The molecular formula is C30H76O8Si6. The Bertz CT molecular complexity index is 680. The zero-order valence-corrected chi connectivity index (χ0v) is 37.8. The second kappa shape index (κ2) is 26.6. The molecule has 0 amide bonds. The standard InChI is InChI=1S/C15H38O4Si3.C10H28O2Si3.C5H10O2/c1-8-9-14-20(2,3)18-22(6,7)19-21(4,5)15-10-12-17-13-11-16;1-8-9-10-14(4,5)12-15(6,7)11-13(2)3;1-2-4-7-5-3-6/h16H,8-15H2,1-7H3;13H,8-10H2,1-7H3;2,6H,1,3-5H2. The first-order valence-electron chi connectivity index (χ1n) is 16.9. The van der Waals surface area contributed by atoms with E-state index in [2.05, 4.69) is 99.0 Å². The summed E-state index contributed by atoms with van der Waals surface area (Å²) in [6, 6.07) is 3.57. The van der Waals surface area contributed by atoms with E-state index in [-0.39, 0.29) is 13.2 Å². The third-order valence-corrected chi connectivity index (χ3v) is 27.5. The van der Waals surface area contributed by atoms with Crippen molar-refractivity contribution >= 4 is 51.1 Å². The summed E-state index contributed by atoms with van der Waals surface area (Å²) in [5.41, 5.74) is 0. The van der Waals surface area contributed by atoms with Crippen LogP contribution < -0.4 is 0 Å². The molecule has 0 aromatic carbocycles. The lowest BCUT2D eigenvalue weighted by Crippen LogP contribution is -2.52. The topological polar surface area (TPSA) is 95.8 Å². The molecule has 0 aliphatic carbocycles. The van der Waals surface area contributed by atoms with Gasteiger partial charge in [0, 0.05) is 6.61 Å². The van der Waals surface area contributed by atoms with E-state index in [1.54, 1.807) is 6.08 Å². The van der Waals surface area contributed by atoms with Crippen molar-refractivity contribution in [3.05, 3.63) is 12.7 Å². The molecule has 0 aromatic rings. The molecule has 0 rings (SSSR count). The summed E-state index contributed by atoms with van der Waals surface area (Å²) in [6.45, 7) is 37.2. The van der Waals surface area contributed by atoms with Crippen LogP contribution in [0.25, 0.3) is 0 Å². The molecule has 0 unspecified atom stereocenters. The van der Waals surface area contributed by atoms with Crippen molar-refractivity contribution in [2.45, 2.75) is 143 Å². The monoisotopic (exact) mass is 732 g/mol. The third-order valence-electron chi connectivity index (χ3n) is 6.13. The highest BCUT2D eigenvalue weighted by Gasteiger charge is 2.39. The van der Waals surface area contributed by atoms with Gasteiger partial charge >= 0.3 is 17.1 Å². The van der Waals surface area contributed by atoms with Gasteiger partial charge in [0.2, 0.25) is 0 Å². The molecule has 0 atom stereocenters. The summed E-state index contributed by atoms with van der Waals surface area (Å²) in [4.78, 5) is 0. The smallest absolute Gasteiger partial charge is 0.311 e. The van der Waals surface area contributed by atoms with Crippen molar-refractivity contribution in [1.82, 2.24) is 0 Å². The van der Waals surface area contributed by atoms with Crippen LogP contribution in [0.3, 0.4) is 0 Å². The Morgan fingerprint density at radius 1 is 0.591 bits per heavy atom. The molecule has 14 heteroatoms. The Morgan fingerprint density at radius 2 is 0.977 bits per heavy atom. The van der Waals surface area contributed by atoms with Crippen LogP contribution in [0.15, 0.2) is 12.7 Å². The van der Waals surface area contributed by atoms with Gasteiger partial charge in [-0.3, -0.25) is 0 Å². The van der Waals surface area contributed by atoms with E-state index >= 15 is 0 Å². The minimum absolute atomic E-state index is 0.0911. The van der Waals surface area contributed by atoms with E-state index in [1.165, 1.54) is 37.8 Å². The fraction of sp³-hybridized carbons (Fsp3) is 0.933. The largest absolute Gasteiger partial charge is 0.440 e. The average molecular weight is 733 g/mol. The van der Waals surface area contributed by atoms with Gasteiger partial charge in [0.1, 0.15) is 0 Å². The first-order chi connectivity index (χ1) is 20.1. The summed E-state index contributed by atoms with van der Waals surface area (Å²) in [5.74, 6) is 0. The molecule has 0 aromatic heterocycles. The molecule has 44 heavy (non-hydrogen) atoms. The summed E-state index contributed by atoms with van der Waals surface area (Å²) < 4.78 is 35.5. The molecule has 0 spiro atoms. The number of ether oxygens (including phenoxy) is 2. The molecule has 0 bridgehead atoms. The molecule has 2 N–H and O–H groups in total. The lowest BCUT2D eigenvalue weighted by atomic mass is 10.4. The molecule has 268 valence electrons. The highest BCUT2D eigenvalue weighted by atomic mass is 28.5. The highest BCUT2D eigenvalue weighted by molar-refractivity contribution is 6.88. The van der Waals surface area contributed by atoms with Gasteiger partial charge in [-0.25, -0.2) is 0 Å². The highest BCUT2D eigenvalue weighted by Crippen LogP contribution is 2.26. The fourth-order valence-electron chi connectivity index (χ4n) is 4.96. The average Bonchev–Trinajstić information content (AvgIpc) is 2.84. The van der Waals surface area contributed by atoms with Gasteiger partial charge in [-0.05, 0) is 103 Å². The van der Waals surface area contributed by atoms with Gasteiger partial charge in [0.15, 0.2) is 34.0 Å². The second-order valence-electron chi connectivity index (χ2n) is 14.3. The molecule has 0 saturated carbocycles. The van der Waals surface area contributed by atoms with Crippen LogP contribution >= 0.6 is 0 Å². The molecule has 0 fully saturated rings. The Kier molecular flexibility index (Phi) is 29.7. The lowest BCUT2D eigenvalue weighted by molar-refractivity contribution is 0.0923. The zero-order valence-electron chi connectivity index (χ0n) is 31.6. The maximum atomic E-state index is 8.70. The Hall–Kier alpha value is 0.721. The van der Waals surface area contributed by atoms with Gasteiger partial charge in [-0.2, -0.15) is 0 Å². The minimum atomic E-state index is -2.06. The van der Waals surface area contributed by atoms with Crippen molar-refractivity contribution in [1.29, 1.82) is 0 Å². The van der Waals surface area contributed by atoms with E-state index in [0.29, 0.717) is 26.4 Å². The van der Waals surface area contributed by atoms with Crippen molar-refractivity contribution in [3.8, 4) is 0 Å². The molecule has 8 nitrogen and oxygen atoms in total. The van der Waals surface area contributed by atoms with Crippen molar-refractivity contribution in [2.24, 2.45) is 0 Å². The normalized spacial score (nSPS) is 12.8. The Morgan fingerprint density at radius 3 is 1.34 bits per heavy atom. The number of hydrogen-bond donors (Lipinski definition) is 2. The van der Waals surface area contributed by atoms with E-state index in [0.717, 1.165) is 12.5 Å². The van der Waals surface area contributed by atoms with Crippen LogP contribution in [0.2, 0.25) is 96.7 Å². The maximum absolute atomic E-state index is 8.70. The SMILES string of the molecule is C=CCOCCO.CCCC[Si](C)(C)O[Si](C)(C)O[SiH](C)C.CCCC[Si](C)(C)O[Si](C)(C)O[Si](C)(C)CCCOCCO. The number of rotatable bonds is 24. The first kappa shape index (κ1) is 49.1. The number of hydrogen-bond acceptors (Lipinski definition) is 8. The molecular weight excluding hydrogens is 657 g/mol. The van der Waals surface area contributed by atoms with Crippen LogP contribution in [0.5, 0.6) is 0 Å². The predicted octanol–water partition coefficient (Wildman–Crippen LogP) is 8.22. The fourth-order valence-corrected chi connectivity index (χ4v) is 31.3. The van der Waals surface area contributed by atoms with Gasteiger partial charge in [0.25, 0.3) is 0 Å². The van der Waals surface area contributed by atoms with Gasteiger partial charge in [-0.15, -0.1) is 6.58 Å². The number of aliphatic hydroxyl groups is 2. The Balaban J connectivity index is -0.000000656. The maximum Gasteiger partial charge on any atom is 0.311 e. The van der Waals surface area contributed by atoms with Gasteiger partial charge in [-0.1, -0.05) is 45.6 Å². The summed E-state index contributed by atoms with van der Waals surface area (Å²) in [7, 11) is -9.62. The molecule has 0 aliphatic heterocycles. The molecule has 0 aliphatic rings. The number of unbranched alkanes of at least 4 members (excludes halogenated alkanes) is 2. The predicted molar refractivity (Wildman–Crippen MR) is 205 cm³/mol. The van der Waals surface area contributed by atoms with Crippen LogP contribution in [0.1, 0.15) is 46.0 Å². The molecule has 0 radical (unpaired) electrons. The van der Waals surface area contributed by atoms with E-state index in [1.807, 2.05) is 0 Å². The van der Waals surface area contributed by atoms with E-state index in [9.17, 15) is 0 Å². The van der Waals surface area contributed by atoms with Gasteiger partial charge in [0.05, 0.1) is 33.0 Å². The van der Waals surface area contributed by atoms with Crippen molar-refractivity contribution < 1.29 is 36.1 Å². The van der Waals surface area contributed by atoms with Gasteiger partial charge < -0.3 is 36.1 Å². The van der Waals surface area contributed by atoms with Crippen molar-refractivity contribution in [2.75, 3.05) is 39.6 Å².